The van der Waals surface area contributed by atoms with Crippen molar-refractivity contribution in [2.75, 3.05) is 39.6 Å². The van der Waals surface area contributed by atoms with Crippen molar-refractivity contribution in [1.29, 1.82) is 0 Å². The summed E-state index contributed by atoms with van der Waals surface area (Å²) in [5.41, 5.74) is 0. The molecular weight excluding hydrogens is 1260 g/mol. The second kappa shape index (κ2) is 69.5. The highest BCUT2D eigenvalue weighted by molar-refractivity contribution is 7.47. The molecule has 3 N–H and O–H groups in total. The van der Waals surface area contributed by atoms with E-state index in [1.807, 2.05) is 0 Å². The minimum Gasteiger partial charge on any atom is -0.462 e. The monoisotopic (exact) mass is 1390 g/mol. The summed E-state index contributed by atoms with van der Waals surface area (Å²) in [5.74, 6) is -2.25. The molecule has 0 saturated heterocycles. The lowest BCUT2D eigenvalue weighted by Crippen LogP contribution is -2.30. The van der Waals surface area contributed by atoms with Crippen LogP contribution in [0, 0.1) is 0 Å². The first-order valence-electron chi connectivity index (χ1n) is 37.5. The fourth-order valence-electron chi connectivity index (χ4n) is 9.91. The molecule has 19 heteroatoms. The smallest absolute Gasteiger partial charge is 0.462 e. The van der Waals surface area contributed by atoms with Gasteiger partial charge in [0.25, 0.3) is 0 Å². The number of esters is 4. The van der Waals surface area contributed by atoms with Crippen LogP contribution in [0.3, 0.4) is 0 Å². The van der Waals surface area contributed by atoms with E-state index in [1.165, 1.54) is 103 Å². The van der Waals surface area contributed by atoms with Crippen molar-refractivity contribution in [2.24, 2.45) is 0 Å². The Morgan fingerprint density at radius 2 is 0.542 bits per heavy atom. The first-order valence-corrected chi connectivity index (χ1v) is 40.5. The zero-order valence-corrected chi connectivity index (χ0v) is 62.1. The number of allylic oxidation sites excluding steroid dienone is 16. The highest BCUT2D eigenvalue weighted by Crippen LogP contribution is 2.45. The fourth-order valence-corrected chi connectivity index (χ4v) is 11.5. The third-order valence-electron chi connectivity index (χ3n) is 15.6. The Balaban J connectivity index is 5.37. The molecule has 0 bridgehead atoms. The highest BCUT2D eigenvalue weighted by atomic mass is 31.2. The molecule has 0 amide bonds. The highest BCUT2D eigenvalue weighted by Gasteiger charge is 2.30. The lowest BCUT2D eigenvalue weighted by atomic mass is 10.0. The number of rotatable bonds is 70. The fraction of sp³-hybridized carbons (Fsp3) is 0.740. The quantitative estimate of drug-likeness (QED) is 0.0169. The molecule has 0 aliphatic carbocycles. The van der Waals surface area contributed by atoms with Gasteiger partial charge in [0.1, 0.15) is 19.3 Å². The lowest BCUT2D eigenvalue weighted by molar-refractivity contribution is -0.161. The molecule has 0 radical (unpaired) electrons. The first kappa shape index (κ1) is 92.0. The van der Waals surface area contributed by atoms with Gasteiger partial charge in [-0.15, -0.1) is 0 Å². The van der Waals surface area contributed by atoms with E-state index in [1.54, 1.807) is 0 Å². The third kappa shape index (κ3) is 68.5. The van der Waals surface area contributed by atoms with E-state index in [9.17, 15) is 43.2 Å². The Morgan fingerprint density at radius 3 is 0.833 bits per heavy atom. The maximum atomic E-state index is 13.1. The number of hydrogen-bond acceptors (Lipinski definition) is 15. The summed E-state index contributed by atoms with van der Waals surface area (Å²) in [7, 11) is -9.96. The standard InChI is InChI=1S/C77H134O17P2/c1-5-9-13-17-21-25-29-32-35-38-42-45-49-53-57-61-74(79)87-67-72(93-76(81)63-59-55-51-47-41-28-24-20-16-12-8-4)69-91-95(83,84)89-65-71(78)66-90-96(85,86)92-70-73(94-77(82)64-60-56-52-48-44-40-37-34-31-27-23-19-15-11-7-3)68-88-75(80)62-58-54-50-46-43-39-36-33-30-26-22-18-14-10-6-2/h9-10,13-14,21-22,25-26,32-33,35-36,42-43,45-46,71-73,78H,5-8,11-12,15-20,23-24,27-31,34,37-41,44,47-70H2,1-4H3,(H,83,84)(H,85,86)/b13-9-,14-10-,25-21-,26-22-,35-32-,36-33-,45-42-,46-43-. The number of phosphoric acid groups is 2. The van der Waals surface area contributed by atoms with E-state index >= 15 is 0 Å². The van der Waals surface area contributed by atoms with Crippen LogP contribution in [0.1, 0.15) is 310 Å². The molecule has 0 heterocycles. The molecule has 0 spiro atoms. The van der Waals surface area contributed by atoms with Crippen LogP contribution in [-0.2, 0) is 65.4 Å². The van der Waals surface area contributed by atoms with Crippen LogP contribution in [0.2, 0.25) is 0 Å². The van der Waals surface area contributed by atoms with E-state index in [-0.39, 0.29) is 25.7 Å². The average molecular weight is 1390 g/mol. The Bertz CT molecular complexity index is 2200. The molecule has 0 fully saturated rings. The average Bonchev–Trinajstić information content (AvgIpc) is 1.11. The molecular formula is C77H134O17P2. The van der Waals surface area contributed by atoms with E-state index in [4.69, 9.17) is 37.0 Å². The van der Waals surface area contributed by atoms with Gasteiger partial charge >= 0.3 is 39.5 Å². The number of aliphatic hydroxyl groups excluding tert-OH is 1. The lowest BCUT2D eigenvalue weighted by Gasteiger charge is -2.21. The third-order valence-corrected chi connectivity index (χ3v) is 17.5. The van der Waals surface area contributed by atoms with Crippen molar-refractivity contribution in [1.82, 2.24) is 0 Å². The zero-order chi connectivity index (χ0) is 70.4. The van der Waals surface area contributed by atoms with Crippen molar-refractivity contribution in [3.05, 3.63) is 97.2 Å². The van der Waals surface area contributed by atoms with Crippen LogP contribution < -0.4 is 0 Å². The number of carbonyl (C=O) groups excluding carboxylic acids is 4. The van der Waals surface area contributed by atoms with Crippen molar-refractivity contribution in [3.8, 4) is 0 Å². The van der Waals surface area contributed by atoms with Crippen molar-refractivity contribution < 1.29 is 80.2 Å². The van der Waals surface area contributed by atoms with E-state index in [2.05, 4.69) is 125 Å². The molecule has 0 saturated carbocycles. The van der Waals surface area contributed by atoms with Gasteiger partial charge in [-0.2, -0.15) is 0 Å². The van der Waals surface area contributed by atoms with Gasteiger partial charge in [-0.25, -0.2) is 9.13 Å². The van der Waals surface area contributed by atoms with Crippen molar-refractivity contribution in [3.63, 3.8) is 0 Å². The molecule has 0 aromatic carbocycles. The second-order valence-electron chi connectivity index (χ2n) is 24.8. The normalized spacial score (nSPS) is 14.5. The minimum absolute atomic E-state index is 0.0874. The van der Waals surface area contributed by atoms with Gasteiger partial charge in [0.2, 0.25) is 0 Å². The zero-order valence-electron chi connectivity index (χ0n) is 60.3. The molecule has 17 nitrogen and oxygen atoms in total. The molecule has 5 unspecified atom stereocenters. The van der Waals surface area contributed by atoms with E-state index in [0.717, 1.165) is 128 Å². The number of unbranched alkanes of at least 4 members (excludes halogenated alkanes) is 28. The SMILES string of the molecule is CC/C=C\C/C=C\C/C=C\C/C=C\CCCCC(=O)OCC(COP(=O)(O)OCC(O)COP(=O)(O)OCC(COC(=O)CCCC/C=C\C/C=C\C/C=C\C/C=C\CC)OC(=O)CCCCCCCCCCCCCCCCC)OC(=O)CCCCCCCCCCCCC. The maximum Gasteiger partial charge on any atom is 0.472 e. The van der Waals surface area contributed by atoms with Crippen LogP contribution in [0.15, 0.2) is 97.2 Å². The number of phosphoric ester groups is 2. The summed E-state index contributed by atoms with van der Waals surface area (Å²) in [4.78, 5) is 72.7. The number of ether oxygens (including phenoxy) is 4. The van der Waals surface area contributed by atoms with Crippen LogP contribution in [-0.4, -0.2) is 96.7 Å². The van der Waals surface area contributed by atoms with Crippen LogP contribution >= 0.6 is 15.6 Å². The largest absolute Gasteiger partial charge is 0.472 e. The van der Waals surface area contributed by atoms with Gasteiger partial charge in [-0.3, -0.25) is 37.3 Å². The van der Waals surface area contributed by atoms with Gasteiger partial charge in [0, 0.05) is 25.7 Å². The topological polar surface area (TPSA) is 237 Å². The minimum atomic E-state index is -4.98. The first-order chi connectivity index (χ1) is 46.7. The Morgan fingerprint density at radius 1 is 0.302 bits per heavy atom. The van der Waals surface area contributed by atoms with Gasteiger partial charge < -0.3 is 33.8 Å². The summed E-state index contributed by atoms with van der Waals surface area (Å²) < 4.78 is 68.3. The molecule has 0 aromatic heterocycles. The molecule has 0 rings (SSSR count). The summed E-state index contributed by atoms with van der Waals surface area (Å²) in [6, 6.07) is 0. The maximum absolute atomic E-state index is 13.1. The van der Waals surface area contributed by atoms with Crippen LogP contribution in [0.5, 0.6) is 0 Å². The van der Waals surface area contributed by atoms with Gasteiger partial charge in [-0.1, -0.05) is 279 Å². The Hall–Kier alpha value is -4.02. The second-order valence-corrected chi connectivity index (χ2v) is 27.7. The summed E-state index contributed by atoms with van der Waals surface area (Å²) in [5, 5.41) is 10.6. The Labute approximate surface area is 582 Å². The summed E-state index contributed by atoms with van der Waals surface area (Å²) in [6.45, 7) is 4.56. The molecule has 5 atom stereocenters. The molecule has 0 aliphatic rings. The molecule has 0 aromatic rings. The van der Waals surface area contributed by atoms with E-state index < -0.39 is 97.5 Å². The van der Waals surface area contributed by atoms with Crippen molar-refractivity contribution >= 4 is 39.5 Å². The van der Waals surface area contributed by atoms with E-state index in [0.29, 0.717) is 25.7 Å². The number of hydrogen-bond donors (Lipinski definition) is 3. The summed E-state index contributed by atoms with van der Waals surface area (Å²) >= 11 is 0. The Kier molecular flexibility index (Phi) is 66.6. The molecule has 96 heavy (non-hydrogen) atoms. The van der Waals surface area contributed by atoms with Gasteiger partial charge in [-0.05, 0) is 103 Å². The van der Waals surface area contributed by atoms with Gasteiger partial charge in [0.05, 0.1) is 26.4 Å². The van der Waals surface area contributed by atoms with Gasteiger partial charge in [0.15, 0.2) is 12.2 Å². The molecule has 554 valence electrons. The van der Waals surface area contributed by atoms with Crippen LogP contribution in [0.4, 0.5) is 0 Å². The van der Waals surface area contributed by atoms with Crippen LogP contribution in [0.25, 0.3) is 0 Å². The predicted molar refractivity (Wildman–Crippen MR) is 390 cm³/mol. The molecule has 0 aliphatic heterocycles. The summed E-state index contributed by atoms with van der Waals surface area (Å²) in [6.07, 6.45) is 71.3. The predicted octanol–water partition coefficient (Wildman–Crippen LogP) is 21.2. The number of carbonyl (C=O) groups is 4. The number of aliphatic hydroxyl groups is 1. The van der Waals surface area contributed by atoms with Crippen molar-refractivity contribution in [2.45, 2.75) is 329 Å².